The van der Waals surface area contributed by atoms with E-state index >= 15 is 0 Å². The maximum absolute atomic E-state index is 13.0. The second-order valence-electron chi connectivity index (χ2n) is 5.16. The van der Waals surface area contributed by atoms with E-state index in [1.807, 2.05) is 6.07 Å². The fourth-order valence-corrected chi connectivity index (χ4v) is 3.07. The van der Waals surface area contributed by atoms with Gasteiger partial charge in [-0.05, 0) is 30.5 Å². The largest absolute Gasteiger partial charge is 0.310 e. The third-order valence-corrected chi connectivity index (χ3v) is 4.44. The SMILES string of the molecule is Fc1ccc(CNC2CCCCCCC2)c(Br)c1. The molecule has 0 saturated heterocycles. The van der Waals surface area contributed by atoms with Gasteiger partial charge in [0.1, 0.15) is 5.82 Å². The molecule has 1 aliphatic rings. The first-order valence-electron chi connectivity index (χ1n) is 6.93. The van der Waals surface area contributed by atoms with Crippen LogP contribution in [0.2, 0.25) is 0 Å². The first-order valence-corrected chi connectivity index (χ1v) is 7.72. The molecular weight excluding hydrogens is 293 g/mol. The van der Waals surface area contributed by atoms with Gasteiger partial charge in [-0.25, -0.2) is 4.39 Å². The summed E-state index contributed by atoms with van der Waals surface area (Å²) in [5.74, 6) is -0.184. The molecule has 0 bridgehead atoms. The zero-order valence-electron chi connectivity index (χ0n) is 10.7. The van der Waals surface area contributed by atoms with E-state index in [2.05, 4.69) is 21.2 Å². The maximum atomic E-state index is 13.0. The molecule has 2 rings (SSSR count). The van der Waals surface area contributed by atoms with Gasteiger partial charge in [-0.3, -0.25) is 0 Å². The maximum Gasteiger partial charge on any atom is 0.124 e. The fraction of sp³-hybridized carbons (Fsp3) is 0.600. The Kier molecular flexibility index (Phi) is 5.64. The first kappa shape index (κ1) is 14.0. The third-order valence-electron chi connectivity index (χ3n) is 3.70. The number of nitrogens with one attached hydrogen (secondary N) is 1. The average Bonchev–Trinajstić information content (AvgIpc) is 2.29. The highest BCUT2D eigenvalue weighted by Gasteiger charge is 2.11. The van der Waals surface area contributed by atoms with Crippen molar-refractivity contribution in [3.63, 3.8) is 0 Å². The smallest absolute Gasteiger partial charge is 0.124 e. The van der Waals surface area contributed by atoms with Crippen molar-refractivity contribution < 1.29 is 4.39 Å². The average molecular weight is 314 g/mol. The van der Waals surface area contributed by atoms with Gasteiger partial charge in [0.15, 0.2) is 0 Å². The van der Waals surface area contributed by atoms with E-state index in [-0.39, 0.29) is 5.82 Å². The summed E-state index contributed by atoms with van der Waals surface area (Å²) < 4.78 is 13.9. The van der Waals surface area contributed by atoms with E-state index < -0.39 is 0 Å². The highest BCUT2D eigenvalue weighted by molar-refractivity contribution is 9.10. The zero-order valence-corrected chi connectivity index (χ0v) is 12.3. The van der Waals surface area contributed by atoms with Crippen molar-refractivity contribution in [1.82, 2.24) is 5.32 Å². The zero-order chi connectivity index (χ0) is 12.8. The molecule has 100 valence electrons. The lowest BCUT2D eigenvalue weighted by Crippen LogP contribution is -2.29. The molecule has 3 heteroatoms. The molecule has 1 aromatic rings. The molecule has 1 fully saturated rings. The van der Waals surface area contributed by atoms with Gasteiger partial charge in [0, 0.05) is 17.1 Å². The van der Waals surface area contributed by atoms with Crippen LogP contribution in [0.1, 0.15) is 50.5 Å². The molecule has 1 N–H and O–H groups in total. The van der Waals surface area contributed by atoms with Gasteiger partial charge in [-0.15, -0.1) is 0 Å². The summed E-state index contributed by atoms with van der Waals surface area (Å²) >= 11 is 3.42. The van der Waals surface area contributed by atoms with Crippen LogP contribution < -0.4 is 5.32 Å². The lowest BCUT2D eigenvalue weighted by atomic mass is 9.96. The molecule has 0 aliphatic heterocycles. The number of hydrogen-bond acceptors (Lipinski definition) is 1. The summed E-state index contributed by atoms with van der Waals surface area (Å²) in [6.07, 6.45) is 9.37. The van der Waals surface area contributed by atoms with Crippen molar-refractivity contribution in [2.24, 2.45) is 0 Å². The Morgan fingerprint density at radius 1 is 1.11 bits per heavy atom. The molecular formula is C15H21BrFN. The summed E-state index contributed by atoms with van der Waals surface area (Å²) in [4.78, 5) is 0. The highest BCUT2D eigenvalue weighted by atomic mass is 79.9. The van der Waals surface area contributed by atoms with Crippen LogP contribution in [0.5, 0.6) is 0 Å². The predicted molar refractivity (Wildman–Crippen MR) is 77.0 cm³/mol. The molecule has 1 saturated carbocycles. The van der Waals surface area contributed by atoms with Gasteiger partial charge >= 0.3 is 0 Å². The van der Waals surface area contributed by atoms with Crippen LogP contribution in [-0.2, 0) is 6.54 Å². The van der Waals surface area contributed by atoms with Crippen LogP contribution in [0.15, 0.2) is 22.7 Å². The van der Waals surface area contributed by atoms with Crippen molar-refractivity contribution in [2.75, 3.05) is 0 Å². The van der Waals surface area contributed by atoms with Crippen LogP contribution in [0.25, 0.3) is 0 Å². The minimum absolute atomic E-state index is 0.184. The summed E-state index contributed by atoms with van der Waals surface area (Å²) in [6, 6.07) is 5.55. The molecule has 1 nitrogen and oxygen atoms in total. The van der Waals surface area contributed by atoms with Crippen LogP contribution >= 0.6 is 15.9 Å². The second kappa shape index (κ2) is 7.25. The van der Waals surface area contributed by atoms with Crippen molar-refractivity contribution >= 4 is 15.9 Å². The lowest BCUT2D eigenvalue weighted by molar-refractivity contribution is 0.388. The molecule has 18 heavy (non-hydrogen) atoms. The summed E-state index contributed by atoms with van der Waals surface area (Å²) in [6.45, 7) is 0.825. The Morgan fingerprint density at radius 2 is 1.78 bits per heavy atom. The van der Waals surface area contributed by atoms with E-state index in [9.17, 15) is 4.39 Å². The Bertz CT molecular complexity index is 373. The standard InChI is InChI=1S/C15H21BrFN/c16-15-10-13(17)9-8-12(15)11-18-14-6-4-2-1-3-5-7-14/h8-10,14,18H,1-7,11H2. The van der Waals surface area contributed by atoms with Crippen LogP contribution in [0, 0.1) is 5.82 Å². The molecule has 0 amide bonds. The topological polar surface area (TPSA) is 12.0 Å². The van der Waals surface area contributed by atoms with Crippen molar-refractivity contribution in [1.29, 1.82) is 0 Å². The van der Waals surface area contributed by atoms with Crippen molar-refractivity contribution in [3.8, 4) is 0 Å². The van der Waals surface area contributed by atoms with Gasteiger partial charge in [-0.1, -0.05) is 54.1 Å². The monoisotopic (exact) mass is 313 g/mol. The van der Waals surface area contributed by atoms with E-state index in [1.165, 1.54) is 57.1 Å². The minimum Gasteiger partial charge on any atom is -0.310 e. The Balaban J connectivity index is 1.85. The number of halogens is 2. The normalized spacial score (nSPS) is 18.3. The van der Waals surface area contributed by atoms with E-state index in [0.717, 1.165) is 16.6 Å². The fourth-order valence-electron chi connectivity index (χ4n) is 2.58. The molecule has 0 unspecified atom stereocenters. The molecule has 0 heterocycles. The van der Waals surface area contributed by atoms with E-state index in [1.54, 1.807) is 0 Å². The van der Waals surface area contributed by atoms with Crippen LogP contribution in [0.3, 0.4) is 0 Å². The van der Waals surface area contributed by atoms with Crippen molar-refractivity contribution in [2.45, 2.75) is 57.5 Å². The van der Waals surface area contributed by atoms with Crippen LogP contribution in [-0.4, -0.2) is 6.04 Å². The molecule has 0 atom stereocenters. The van der Waals surface area contributed by atoms with Gasteiger partial charge < -0.3 is 5.32 Å². The van der Waals surface area contributed by atoms with E-state index in [4.69, 9.17) is 0 Å². The first-order chi connectivity index (χ1) is 8.75. The van der Waals surface area contributed by atoms with Gasteiger partial charge in [0.2, 0.25) is 0 Å². The summed E-state index contributed by atoms with van der Waals surface area (Å²) in [5, 5.41) is 3.61. The van der Waals surface area contributed by atoms with Gasteiger partial charge in [0.05, 0.1) is 0 Å². The van der Waals surface area contributed by atoms with Gasteiger partial charge in [-0.2, -0.15) is 0 Å². The molecule has 0 aromatic heterocycles. The predicted octanol–water partition coefficient (Wildman–Crippen LogP) is 4.79. The minimum atomic E-state index is -0.184. The van der Waals surface area contributed by atoms with E-state index in [0.29, 0.717) is 6.04 Å². The Hall–Kier alpha value is -0.410. The number of hydrogen-bond donors (Lipinski definition) is 1. The highest BCUT2D eigenvalue weighted by Crippen LogP contribution is 2.20. The summed E-state index contributed by atoms with van der Waals surface area (Å²) in [7, 11) is 0. The summed E-state index contributed by atoms with van der Waals surface area (Å²) in [5.41, 5.74) is 1.14. The third kappa shape index (κ3) is 4.36. The quantitative estimate of drug-likeness (QED) is 0.846. The lowest BCUT2D eigenvalue weighted by Gasteiger charge is -2.21. The number of benzene rings is 1. The Labute approximate surface area is 117 Å². The second-order valence-corrected chi connectivity index (χ2v) is 6.01. The van der Waals surface area contributed by atoms with Gasteiger partial charge in [0.25, 0.3) is 0 Å². The molecule has 1 aromatic carbocycles. The van der Waals surface area contributed by atoms with Crippen molar-refractivity contribution in [3.05, 3.63) is 34.1 Å². The number of rotatable bonds is 3. The molecule has 1 aliphatic carbocycles. The molecule has 0 radical (unpaired) electrons. The van der Waals surface area contributed by atoms with Crippen LogP contribution in [0.4, 0.5) is 4.39 Å². The Morgan fingerprint density at radius 3 is 2.44 bits per heavy atom. The molecule has 0 spiro atoms.